The maximum atomic E-state index is 12.1. The number of nitrogens with one attached hydrogen (secondary N) is 1. The van der Waals surface area contributed by atoms with Crippen LogP contribution in [0.4, 0.5) is 4.79 Å². The molecule has 1 aliphatic heterocycles. The Morgan fingerprint density at radius 2 is 1.96 bits per heavy atom. The van der Waals surface area contributed by atoms with Gasteiger partial charge in [-0.1, -0.05) is 39.0 Å². The minimum atomic E-state index is -0.503. The van der Waals surface area contributed by atoms with Crippen molar-refractivity contribution in [3.05, 3.63) is 34.9 Å². The van der Waals surface area contributed by atoms with Crippen LogP contribution in [0.2, 0.25) is 0 Å². The third kappa shape index (κ3) is 5.54. The molecule has 4 heteroatoms. The highest BCUT2D eigenvalue weighted by atomic mass is 16.6. The number of rotatable bonds is 2. The molecule has 0 saturated heterocycles. The molecule has 0 saturated carbocycles. The van der Waals surface area contributed by atoms with Crippen LogP contribution >= 0.6 is 0 Å². The minimum Gasteiger partial charge on any atom is -0.444 e. The molecular weight excluding hydrogens is 290 g/mol. The SMILES string of the molecule is CC(C)(C)Cc1ccc2c(c1)C(NC(=O)OC(C)(C)C)COC2. The van der Waals surface area contributed by atoms with Crippen molar-refractivity contribution in [2.75, 3.05) is 6.61 Å². The van der Waals surface area contributed by atoms with Gasteiger partial charge in [-0.2, -0.15) is 0 Å². The van der Waals surface area contributed by atoms with Crippen LogP contribution in [0.1, 0.15) is 64.3 Å². The van der Waals surface area contributed by atoms with Gasteiger partial charge < -0.3 is 14.8 Å². The lowest BCUT2D eigenvalue weighted by Gasteiger charge is -2.29. The Morgan fingerprint density at radius 1 is 1.26 bits per heavy atom. The van der Waals surface area contributed by atoms with Gasteiger partial charge in [0.05, 0.1) is 19.3 Å². The molecule has 1 N–H and O–H groups in total. The lowest BCUT2D eigenvalue weighted by Crippen LogP contribution is -2.38. The first-order valence-electron chi connectivity index (χ1n) is 8.22. The molecule has 1 aromatic rings. The quantitative estimate of drug-likeness (QED) is 0.880. The van der Waals surface area contributed by atoms with Crippen molar-refractivity contribution >= 4 is 6.09 Å². The van der Waals surface area contributed by atoms with Crippen molar-refractivity contribution in [3.8, 4) is 0 Å². The monoisotopic (exact) mass is 319 g/mol. The first kappa shape index (κ1) is 17.8. The Morgan fingerprint density at radius 3 is 2.57 bits per heavy atom. The summed E-state index contributed by atoms with van der Waals surface area (Å²) in [6.07, 6.45) is 0.598. The van der Waals surface area contributed by atoms with Crippen LogP contribution < -0.4 is 5.32 Å². The Bertz CT molecular complexity index is 567. The molecular formula is C19H29NO3. The Hall–Kier alpha value is -1.55. The lowest BCUT2D eigenvalue weighted by molar-refractivity contribution is 0.0390. The van der Waals surface area contributed by atoms with Gasteiger partial charge in [0.15, 0.2) is 0 Å². The fourth-order valence-corrected chi connectivity index (χ4v) is 2.77. The first-order chi connectivity index (χ1) is 10.5. The number of ether oxygens (including phenoxy) is 2. The number of benzene rings is 1. The van der Waals surface area contributed by atoms with Gasteiger partial charge in [-0.15, -0.1) is 0 Å². The van der Waals surface area contributed by atoms with Crippen LogP contribution in [0.15, 0.2) is 18.2 Å². The number of amides is 1. The minimum absolute atomic E-state index is 0.159. The first-order valence-corrected chi connectivity index (χ1v) is 8.22. The molecule has 1 atom stereocenters. The summed E-state index contributed by atoms with van der Waals surface area (Å²) in [5, 5.41) is 2.94. The van der Waals surface area contributed by atoms with E-state index >= 15 is 0 Å². The summed E-state index contributed by atoms with van der Waals surface area (Å²) in [5.74, 6) is 0. The third-order valence-corrected chi connectivity index (χ3v) is 3.55. The Balaban J connectivity index is 2.16. The maximum Gasteiger partial charge on any atom is 0.408 e. The zero-order valence-corrected chi connectivity index (χ0v) is 15.2. The summed E-state index contributed by atoms with van der Waals surface area (Å²) in [4.78, 5) is 12.1. The predicted molar refractivity (Wildman–Crippen MR) is 91.4 cm³/mol. The number of fused-ring (bicyclic) bond motifs is 1. The maximum absolute atomic E-state index is 12.1. The van der Waals surface area contributed by atoms with Crippen LogP contribution in [0.5, 0.6) is 0 Å². The number of carbonyl (C=O) groups is 1. The Labute approximate surface area is 139 Å². The zero-order chi connectivity index (χ0) is 17.3. The molecule has 1 amide bonds. The van der Waals surface area contributed by atoms with Gasteiger partial charge >= 0.3 is 6.09 Å². The summed E-state index contributed by atoms with van der Waals surface area (Å²) in [5.41, 5.74) is 3.29. The van der Waals surface area contributed by atoms with Gasteiger partial charge in [0.1, 0.15) is 5.60 Å². The molecule has 128 valence electrons. The van der Waals surface area contributed by atoms with Crippen LogP contribution in [-0.4, -0.2) is 18.3 Å². The number of hydrogen-bond donors (Lipinski definition) is 1. The molecule has 0 spiro atoms. The van der Waals surface area contributed by atoms with Crippen molar-refractivity contribution in [3.63, 3.8) is 0 Å². The van der Waals surface area contributed by atoms with Crippen molar-refractivity contribution in [1.29, 1.82) is 0 Å². The smallest absolute Gasteiger partial charge is 0.408 e. The number of hydrogen-bond acceptors (Lipinski definition) is 3. The molecule has 4 nitrogen and oxygen atoms in total. The number of alkyl carbamates (subject to hydrolysis) is 1. The van der Waals surface area contributed by atoms with E-state index < -0.39 is 11.7 Å². The average molecular weight is 319 g/mol. The molecule has 1 aromatic carbocycles. The van der Waals surface area contributed by atoms with E-state index in [4.69, 9.17) is 9.47 Å². The van der Waals surface area contributed by atoms with Gasteiger partial charge in [0.25, 0.3) is 0 Å². The summed E-state index contributed by atoms with van der Waals surface area (Å²) < 4.78 is 11.0. The molecule has 2 rings (SSSR count). The average Bonchev–Trinajstić information content (AvgIpc) is 2.35. The molecule has 0 aliphatic carbocycles. The largest absolute Gasteiger partial charge is 0.444 e. The molecule has 0 aromatic heterocycles. The fourth-order valence-electron chi connectivity index (χ4n) is 2.77. The van der Waals surface area contributed by atoms with Crippen LogP contribution in [0.25, 0.3) is 0 Å². The lowest BCUT2D eigenvalue weighted by atomic mass is 9.86. The highest BCUT2D eigenvalue weighted by Gasteiger charge is 2.26. The molecule has 1 heterocycles. The van der Waals surface area contributed by atoms with Crippen molar-refractivity contribution in [2.24, 2.45) is 5.41 Å². The number of carbonyl (C=O) groups excluding carboxylic acids is 1. The standard InChI is InChI=1S/C19H29NO3/c1-18(2,3)10-13-7-8-14-11-22-12-16(15(14)9-13)20-17(21)23-19(4,5)6/h7-9,16H,10-12H2,1-6H3,(H,20,21). The van der Waals surface area contributed by atoms with E-state index in [9.17, 15) is 4.79 Å². The van der Waals surface area contributed by atoms with Crippen molar-refractivity contribution < 1.29 is 14.3 Å². The second-order valence-electron chi connectivity index (χ2n) is 8.48. The van der Waals surface area contributed by atoms with Crippen LogP contribution in [0, 0.1) is 5.41 Å². The van der Waals surface area contributed by atoms with E-state index in [-0.39, 0.29) is 11.5 Å². The highest BCUT2D eigenvalue weighted by molar-refractivity contribution is 5.68. The fraction of sp³-hybridized carbons (Fsp3) is 0.632. The van der Waals surface area contributed by atoms with Gasteiger partial charge in [0.2, 0.25) is 0 Å². The van der Waals surface area contributed by atoms with Gasteiger partial charge in [0, 0.05) is 0 Å². The van der Waals surface area contributed by atoms with Crippen LogP contribution in [0.3, 0.4) is 0 Å². The summed E-state index contributed by atoms with van der Waals surface area (Å²) in [6.45, 7) is 13.3. The predicted octanol–water partition coefficient (Wildman–Crippen LogP) is 4.37. The van der Waals surface area contributed by atoms with Crippen molar-refractivity contribution in [2.45, 2.75) is 66.2 Å². The van der Waals surface area contributed by atoms with E-state index in [0.717, 1.165) is 17.5 Å². The van der Waals surface area contributed by atoms with E-state index in [1.165, 1.54) is 5.56 Å². The second-order valence-corrected chi connectivity index (χ2v) is 8.48. The molecule has 0 bridgehead atoms. The van der Waals surface area contributed by atoms with E-state index in [2.05, 4.69) is 44.3 Å². The Kier molecular flexibility index (Phi) is 5.04. The van der Waals surface area contributed by atoms with E-state index in [1.807, 2.05) is 20.8 Å². The van der Waals surface area contributed by atoms with Gasteiger partial charge in [-0.3, -0.25) is 0 Å². The molecule has 1 aliphatic rings. The normalized spacial score (nSPS) is 18.3. The molecule has 0 fully saturated rings. The molecule has 0 radical (unpaired) electrons. The highest BCUT2D eigenvalue weighted by Crippen LogP contribution is 2.29. The zero-order valence-electron chi connectivity index (χ0n) is 15.2. The van der Waals surface area contributed by atoms with E-state index in [0.29, 0.717) is 13.2 Å². The summed E-state index contributed by atoms with van der Waals surface area (Å²) in [7, 11) is 0. The molecule has 1 unspecified atom stereocenters. The topological polar surface area (TPSA) is 47.6 Å². The second kappa shape index (κ2) is 6.52. The van der Waals surface area contributed by atoms with Crippen LogP contribution in [-0.2, 0) is 22.5 Å². The van der Waals surface area contributed by atoms with E-state index in [1.54, 1.807) is 0 Å². The van der Waals surface area contributed by atoms with Gasteiger partial charge in [-0.25, -0.2) is 4.79 Å². The third-order valence-electron chi connectivity index (χ3n) is 3.55. The summed E-state index contributed by atoms with van der Waals surface area (Å²) >= 11 is 0. The van der Waals surface area contributed by atoms with Gasteiger partial charge in [-0.05, 0) is 49.3 Å². The van der Waals surface area contributed by atoms with Crippen molar-refractivity contribution in [1.82, 2.24) is 5.32 Å². The summed E-state index contributed by atoms with van der Waals surface area (Å²) in [6, 6.07) is 6.31. The molecule has 23 heavy (non-hydrogen) atoms.